The monoisotopic (exact) mass is 383 g/mol. The van der Waals surface area contributed by atoms with Gasteiger partial charge in [0.15, 0.2) is 5.78 Å². The van der Waals surface area contributed by atoms with Crippen LogP contribution in [0.5, 0.6) is 0 Å². The van der Waals surface area contributed by atoms with E-state index in [-0.39, 0.29) is 11.7 Å². The Balaban J connectivity index is 1.61. The van der Waals surface area contributed by atoms with Crippen LogP contribution in [-0.2, 0) is 10.0 Å². The Hall–Kier alpha value is -2.24. The lowest BCUT2D eigenvalue weighted by molar-refractivity contribution is 0.0875. The highest BCUT2D eigenvalue weighted by Gasteiger charge is 2.30. The molecule has 0 unspecified atom stereocenters. The minimum Gasteiger partial charge on any atom is -0.294 e. The van der Waals surface area contributed by atoms with Crippen molar-refractivity contribution in [2.24, 2.45) is 5.92 Å². The van der Waals surface area contributed by atoms with E-state index in [4.69, 9.17) is 0 Å². The Morgan fingerprint density at radius 3 is 2.00 bits per heavy atom. The highest BCUT2D eigenvalue weighted by molar-refractivity contribution is 7.92. The summed E-state index contributed by atoms with van der Waals surface area (Å²) < 4.78 is 26.6. The molecule has 4 nitrogen and oxygen atoms in total. The zero-order valence-electron chi connectivity index (χ0n) is 15.8. The highest BCUT2D eigenvalue weighted by atomic mass is 32.2. The van der Waals surface area contributed by atoms with Gasteiger partial charge in [0.2, 0.25) is 10.0 Å². The number of carbonyl (C=O) groups is 1. The van der Waals surface area contributed by atoms with Gasteiger partial charge in [0, 0.05) is 30.0 Å². The second kappa shape index (κ2) is 8.19. The van der Waals surface area contributed by atoms with E-state index >= 15 is 0 Å². The van der Waals surface area contributed by atoms with Crippen molar-refractivity contribution in [1.82, 2.24) is 4.31 Å². The van der Waals surface area contributed by atoms with Crippen LogP contribution in [0.25, 0.3) is 6.08 Å². The second-order valence-electron chi connectivity index (χ2n) is 7.16. The van der Waals surface area contributed by atoms with Crippen LogP contribution in [0, 0.1) is 19.8 Å². The molecule has 27 heavy (non-hydrogen) atoms. The first kappa shape index (κ1) is 19.5. The highest BCUT2D eigenvalue weighted by Crippen LogP contribution is 2.24. The third kappa shape index (κ3) is 4.93. The SMILES string of the molecule is Cc1ccc(C=CS(=O)(=O)N2CCC(C(=O)c3ccc(C)cc3)CC2)cc1. The lowest BCUT2D eigenvalue weighted by Gasteiger charge is -2.29. The van der Waals surface area contributed by atoms with Crippen molar-refractivity contribution in [2.45, 2.75) is 26.7 Å². The van der Waals surface area contributed by atoms with Crippen LogP contribution < -0.4 is 0 Å². The number of sulfonamides is 1. The lowest BCUT2D eigenvalue weighted by atomic mass is 9.89. The van der Waals surface area contributed by atoms with E-state index in [1.807, 2.05) is 62.4 Å². The zero-order valence-corrected chi connectivity index (χ0v) is 16.6. The minimum absolute atomic E-state index is 0.111. The molecule has 2 aromatic carbocycles. The fourth-order valence-electron chi connectivity index (χ4n) is 3.25. The molecule has 1 saturated heterocycles. The van der Waals surface area contributed by atoms with E-state index in [1.165, 1.54) is 9.71 Å². The number of ketones is 1. The molecular weight excluding hydrogens is 358 g/mol. The largest absolute Gasteiger partial charge is 0.294 e. The molecule has 0 aromatic heterocycles. The van der Waals surface area contributed by atoms with E-state index in [9.17, 15) is 13.2 Å². The number of aryl methyl sites for hydroxylation is 2. The standard InChI is InChI=1S/C22H25NO3S/c1-17-3-7-19(8-4-17)13-16-27(25,26)23-14-11-21(12-15-23)22(24)20-9-5-18(2)6-10-20/h3-10,13,16,21H,11-12,14-15H2,1-2H3. The van der Waals surface area contributed by atoms with E-state index in [0.29, 0.717) is 31.5 Å². The molecule has 0 aliphatic carbocycles. The van der Waals surface area contributed by atoms with Gasteiger partial charge in [-0.3, -0.25) is 4.79 Å². The number of Topliss-reactive ketones (excluding diaryl/α,β-unsaturated/α-hetero) is 1. The maximum atomic E-state index is 12.6. The maximum absolute atomic E-state index is 12.6. The van der Waals surface area contributed by atoms with E-state index in [2.05, 4.69) is 0 Å². The Labute approximate surface area is 161 Å². The van der Waals surface area contributed by atoms with E-state index < -0.39 is 10.0 Å². The molecule has 0 amide bonds. The molecule has 0 N–H and O–H groups in total. The quantitative estimate of drug-likeness (QED) is 0.727. The third-order valence-corrected chi connectivity index (χ3v) is 6.60. The summed E-state index contributed by atoms with van der Waals surface area (Å²) in [7, 11) is -3.47. The number of hydrogen-bond acceptors (Lipinski definition) is 3. The average Bonchev–Trinajstić information content (AvgIpc) is 2.68. The summed E-state index contributed by atoms with van der Waals surface area (Å²) in [6.45, 7) is 4.74. The van der Waals surface area contributed by atoms with Gasteiger partial charge in [0.05, 0.1) is 0 Å². The van der Waals surface area contributed by atoms with E-state index in [1.54, 1.807) is 6.08 Å². The molecule has 1 aliphatic rings. The van der Waals surface area contributed by atoms with Gasteiger partial charge in [-0.1, -0.05) is 59.7 Å². The van der Waals surface area contributed by atoms with Gasteiger partial charge in [-0.2, -0.15) is 4.31 Å². The molecule has 2 aromatic rings. The molecule has 5 heteroatoms. The summed E-state index contributed by atoms with van der Waals surface area (Å²) in [5.41, 5.74) is 3.82. The molecule has 0 saturated carbocycles. The van der Waals surface area contributed by atoms with Crippen LogP contribution in [0.4, 0.5) is 0 Å². The van der Waals surface area contributed by atoms with Crippen LogP contribution in [-0.4, -0.2) is 31.6 Å². The Kier molecular flexibility index (Phi) is 5.92. The van der Waals surface area contributed by atoms with Crippen molar-refractivity contribution < 1.29 is 13.2 Å². The number of carbonyl (C=O) groups excluding carboxylic acids is 1. The van der Waals surface area contributed by atoms with Crippen molar-refractivity contribution in [3.63, 3.8) is 0 Å². The third-order valence-electron chi connectivity index (χ3n) is 5.03. The van der Waals surface area contributed by atoms with Crippen molar-refractivity contribution in [3.05, 3.63) is 76.2 Å². The first-order valence-electron chi connectivity index (χ1n) is 9.21. The Morgan fingerprint density at radius 2 is 1.44 bits per heavy atom. The van der Waals surface area contributed by atoms with Gasteiger partial charge in [-0.25, -0.2) is 8.42 Å². The molecule has 1 heterocycles. The van der Waals surface area contributed by atoms with Crippen LogP contribution in [0.15, 0.2) is 53.9 Å². The molecule has 0 bridgehead atoms. The summed E-state index contributed by atoms with van der Waals surface area (Å²) in [4.78, 5) is 12.6. The molecule has 0 spiro atoms. The number of rotatable bonds is 5. The molecule has 1 aliphatic heterocycles. The number of piperidine rings is 1. The molecule has 3 rings (SSSR count). The minimum atomic E-state index is -3.47. The molecule has 1 fully saturated rings. The predicted octanol–water partition coefficient (Wildman–Crippen LogP) is 4.20. The normalized spacial score (nSPS) is 16.7. The van der Waals surface area contributed by atoms with Gasteiger partial charge in [0.25, 0.3) is 0 Å². The molecule has 0 atom stereocenters. The topological polar surface area (TPSA) is 54.5 Å². The zero-order chi connectivity index (χ0) is 19.4. The van der Waals surface area contributed by atoms with Crippen LogP contribution in [0.3, 0.4) is 0 Å². The molecular formula is C22H25NO3S. The van der Waals surface area contributed by atoms with Gasteiger partial charge in [-0.05, 0) is 38.3 Å². The smallest absolute Gasteiger partial charge is 0.236 e. The number of nitrogens with zero attached hydrogens (tertiary/aromatic N) is 1. The first-order valence-corrected chi connectivity index (χ1v) is 10.7. The van der Waals surface area contributed by atoms with Gasteiger partial charge in [-0.15, -0.1) is 0 Å². The van der Waals surface area contributed by atoms with Crippen LogP contribution in [0.2, 0.25) is 0 Å². The number of benzene rings is 2. The van der Waals surface area contributed by atoms with Gasteiger partial charge < -0.3 is 0 Å². The summed E-state index contributed by atoms with van der Waals surface area (Å²) in [5.74, 6) is 0.00230. The Morgan fingerprint density at radius 1 is 0.926 bits per heavy atom. The van der Waals surface area contributed by atoms with Crippen molar-refractivity contribution in [1.29, 1.82) is 0 Å². The summed E-state index contributed by atoms with van der Waals surface area (Å²) >= 11 is 0. The maximum Gasteiger partial charge on any atom is 0.236 e. The van der Waals surface area contributed by atoms with Gasteiger partial charge >= 0.3 is 0 Å². The van der Waals surface area contributed by atoms with Crippen LogP contribution in [0.1, 0.15) is 39.9 Å². The fraction of sp³-hybridized carbons (Fsp3) is 0.318. The molecule has 0 radical (unpaired) electrons. The van der Waals surface area contributed by atoms with Gasteiger partial charge in [0.1, 0.15) is 0 Å². The van der Waals surface area contributed by atoms with Crippen LogP contribution >= 0.6 is 0 Å². The summed E-state index contributed by atoms with van der Waals surface area (Å²) in [5, 5.41) is 1.26. The van der Waals surface area contributed by atoms with Crippen molar-refractivity contribution in [3.8, 4) is 0 Å². The predicted molar refractivity (Wildman–Crippen MR) is 109 cm³/mol. The van der Waals surface area contributed by atoms with Crippen molar-refractivity contribution >= 4 is 21.9 Å². The van der Waals surface area contributed by atoms with E-state index in [0.717, 1.165) is 16.7 Å². The number of hydrogen-bond donors (Lipinski definition) is 0. The fourth-order valence-corrected chi connectivity index (χ4v) is 4.48. The average molecular weight is 384 g/mol. The Bertz CT molecular complexity index is 921. The summed E-state index contributed by atoms with van der Waals surface area (Å²) in [6.07, 6.45) is 2.74. The summed E-state index contributed by atoms with van der Waals surface area (Å²) in [6, 6.07) is 15.3. The lowest BCUT2D eigenvalue weighted by Crippen LogP contribution is -2.39. The second-order valence-corrected chi connectivity index (χ2v) is 8.98. The molecule has 142 valence electrons. The van der Waals surface area contributed by atoms with Crippen molar-refractivity contribution in [2.75, 3.05) is 13.1 Å². The first-order chi connectivity index (χ1) is 12.8.